The monoisotopic (exact) mass is 428 g/mol. The van der Waals surface area contributed by atoms with Crippen LogP contribution in [0, 0.1) is 0 Å². The van der Waals surface area contributed by atoms with E-state index < -0.39 is 0 Å². The van der Waals surface area contributed by atoms with E-state index in [0.29, 0.717) is 6.54 Å². The average Bonchev–Trinajstić information content (AvgIpc) is 3.50. The van der Waals surface area contributed by atoms with Gasteiger partial charge in [-0.2, -0.15) is 0 Å². The van der Waals surface area contributed by atoms with Gasteiger partial charge in [-0.1, -0.05) is 48.5 Å². The minimum atomic E-state index is 0.157. The maximum Gasteiger partial charge on any atom is 0.242 e. The predicted octanol–water partition coefficient (Wildman–Crippen LogP) is 4.63. The van der Waals surface area contributed by atoms with Crippen LogP contribution < -0.4 is 4.90 Å². The van der Waals surface area contributed by atoms with Gasteiger partial charge >= 0.3 is 0 Å². The average molecular weight is 429 g/mol. The highest BCUT2D eigenvalue weighted by Gasteiger charge is 2.22. The molecule has 1 saturated heterocycles. The van der Waals surface area contributed by atoms with Crippen LogP contribution in [0.25, 0.3) is 22.0 Å². The number of aromatic nitrogens is 2. The summed E-state index contributed by atoms with van der Waals surface area (Å²) in [5.41, 5.74) is 4.29. The van der Waals surface area contributed by atoms with E-state index in [9.17, 15) is 4.79 Å². The molecule has 5 nitrogen and oxygen atoms in total. The van der Waals surface area contributed by atoms with Crippen LogP contribution in [0.3, 0.4) is 0 Å². The molecule has 1 amide bonds. The second kappa shape index (κ2) is 8.78. The summed E-state index contributed by atoms with van der Waals surface area (Å²) in [7, 11) is 0. The van der Waals surface area contributed by atoms with Crippen molar-refractivity contribution in [3.8, 4) is 22.0 Å². The number of amides is 1. The third-order valence-electron chi connectivity index (χ3n) is 5.68. The van der Waals surface area contributed by atoms with E-state index in [0.717, 1.165) is 48.1 Å². The van der Waals surface area contributed by atoms with Gasteiger partial charge in [0, 0.05) is 49.0 Å². The van der Waals surface area contributed by atoms with Gasteiger partial charge < -0.3 is 14.4 Å². The maximum atomic E-state index is 13.0. The Morgan fingerprint density at radius 1 is 0.871 bits per heavy atom. The SMILES string of the molecule is O=C(Cn1cccc1-c1nc(-c2ccccc2)cs1)N1CCN(c2ccccc2)CC1. The number of hydrogen-bond donors (Lipinski definition) is 0. The Morgan fingerprint density at radius 3 is 2.32 bits per heavy atom. The number of anilines is 1. The maximum absolute atomic E-state index is 13.0. The molecule has 3 heterocycles. The first-order valence-corrected chi connectivity index (χ1v) is 11.4. The highest BCUT2D eigenvalue weighted by molar-refractivity contribution is 7.13. The van der Waals surface area contributed by atoms with Crippen LogP contribution in [0.4, 0.5) is 5.69 Å². The second-order valence-electron chi connectivity index (χ2n) is 7.63. The molecule has 0 N–H and O–H groups in total. The van der Waals surface area contributed by atoms with E-state index in [4.69, 9.17) is 4.98 Å². The molecule has 0 aliphatic carbocycles. The number of thiazole rings is 1. The van der Waals surface area contributed by atoms with Gasteiger partial charge in [-0.05, 0) is 24.3 Å². The first kappa shape index (κ1) is 19.6. The summed E-state index contributed by atoms with van der Waals surface area (Å²) in [6.07, 6.45) is 1.97. The Hall–Kier alpha value is -3.38. The van der Waals surface area contributed by atoms with Crippen LogP contribution in [0.1, 0.15) is 0 Å². The molecule has 0 bridgehead atoms. The molecule has 5 rings (SSSR count). The summed E-state index contributed by atoms with van der Waals surface area (Å²) >= 11 is 1.61. The smallest absolute Gasteiger partial charge is 0.242 e. The molecule has 31 heavy (non-hydrogen) atoms. The van der Waals surface area contributed by atoms with Crippen molar-refractivity contribution in [3.63, 3.8) is 0 Å². The van der Waals surface area contributed by atoms with Crippen molar-refractivity contribution in [2.75, 3.05) is 31.1 Å². The molecular formula is C25H24N4OS. The Labute approximate surface area is 186 Å². The van der Waals surface area contributed by atoms with E-state index in [1.165, 1.54) is 5.69 Å². The van der Waals surface area contributed by atoms with Crippen LogP contribution in [0.5, 0.6) is 0 Å². The lowest BCUT2D eigenvalue weighted by atomic mass is 10.2. The summed E-state index contributed by atoms with van der Waals surface area (Å²) in [5, 5.41) is 3.01. The number of carbonyl (C=O) groups is 1. The Bertz CT molecular complexity index is 1140. The molecule has 1 fully saturated rings. The molecule has 1 aliphatic heterocycles. The summed E-state index contributed by atoms with van der Waals surface area (Å²) in [5.74, 6) is 0.157. The highest BCUT2D eigenvalue weighted by atomic mass is 32.1. The molecule has 1 aliphatic rings. The summed E-state index contributed by atoms with van der Waals surface area (Å²) in [6, 6.07) is 24.6. The fourth-order valence-electron chi connectivity index (χ4n) is 3.98. The Morgan fingerprint density at radius 2 is 1.58 bits per heavy atom. The van der Waals surface area contributed by atoms with E-state index in [1.807, 2.05) is 52.1 Å². The second-order valence-corrected chi connectivity index (χ2v) is 8.49. The number of hydrogen-bond acceptors (Lipinski definition) is 4. The normalized spacial score (nSPS) is 14.1. The van der Waals surface area contributed by atoms with Crippen LogP contribution in [0.2, 0.25) is 0 Å². The van der Waals surface area contributed by atoms with Gasteiger partial charge in [0.2, 0.25) is 5.91 Å². The van der Waals surface area contributed by atoms with Crippen LogP contribution in [-0.2, 0) is 11.3 Å². The molecule has 0 atom stereocenters. The minimum Gasteiger partial charge on any atom is -0.368 e. The summed E-state index contributed by atoms with van der Waals surface area (Å²) in [4.78, 5) is 22.1. The molecular weight excluding hydrogens is 404 g/mol. The lowest BCUT2D eigenvalue weighted by Gasteiger charge is -2.36. The van der Waals surface area contributed by atoms with E-state index in [-0.39, 0.29) is 5.91 Å². The fourth-order valence-corrected chi connectivity index (χ4v) is 4.85. The van der Waals surface area contributed by atoms with Crippen LogP contribution >= 0.6 is 11.3 Å². The standard InChI is InChI=1S/C25H24N4OS/c30-24(28-16-14-27(15-17-28)21-10-5-2-6-11-21)18-29-13-7-12-23(29)25-26-22(19-31-25)20-8-3-1-4-9-20/h1-13,19H,14-18H2. The summed E-state index contributed by atoms with van der Waals surface area (Å²) < 4.78 is 2.01. The van der Waals surface area contributed by atoms with Gasteiger partial charge in [-0.25, -0.2) is 4.98 Å². The van der Waals surface area contributed by atoms with E-state index >= 15 is 0 Å². The number of piperazine rings is 1. The molecule has 0 unspecified atom stereocenters. The zero-order valence-corrected chi connectivity index (χ0v) is 18.0. The number of carbonyl (C=O) groups excluding carboxylic acids is 1. The largest absolute Gasteiger partial charge is 0.368 e. The number of para-hydroxylation sites is 1. The molecule has 0 radical (unpaired) electrons. The van der Waals surface area contributed by atoms with Crippen molar-refractivity contribution < 1.29 is 4.79 Å². The van der Waals surface area contributed by atoms with Crippen molar-refractivity contribution in [3.05, 3.63) is 84.4 Å². The van der Waals surface area contributed by atoms with Gasteiger partial charge in [-0.3, -0.25) is 4.79 Å². The number of benzene rings is 2. The van der Waals surface area contributed by atoms with Crippen LogP contribution in [-0.4, -0.2) is 46.5 Å². The van der Waals surface area contributed by atoms with Crippen molar-refractivity contribution in [2.24, 2.45) is 0 Å². The Kier molecular flexibility index (Phi) is 5.54. The lowest BCUT2D eigenvalue weighted by molar-refractivity contribution is -0.132. The van der Waals surface area contributed by atoms with Crippen molar-refractivity contribution in [2.45, 2.75) is 6.54 Å². The van der Waals surface area contributed by atoms with E-state index in [1.54, 1.807) is 11.3 Å². The highest BCUT2D eigenvalue weighted by Crippen LogP contribution is 2.29. The topological polar surface area (TPSA) is 41.4 Å². The minimum absolute atomic E-state index is 0.157. The van der Waals surface area contributed by atoms with Gasteiger partial charge in [0.25, 0.3) is 0 Å². The van der Waals surface area contributed by atoms with Crippen LogP contribution in [0.15, 0.2) is 84.4 Å². The van der Waals surface area contributed by atoms with Gasteiger partial charge in [0.05, 0.1) is 11.4 Å². The summed E-state index contributed by atoms with van der Waals surface area (Å²) in [6.45, 7) is 3.57. The van der Waals surface area contributed by atoms with Gasteiger partial charge in [-0.15, -0.1) is 11.3 Å². The number of rotatable bonds is 5. The molecule has 0 spiro atoms. The van der Waals surface area contributed by atoms with E-state index in [2.05, 4.69) is 46.7 Å². The fraction of sp³-hybridized carbons (Fsp3) is 0.200. The van der Waals surface area contributed by atoms with Crippen molar-refractivity contribution in [1.82, 2.24) is 14.5 Å². The molecule has 4 aromatic rings. The zero-order chi connectivity index (χ0) is 21.0. The molecule has 6 heteroatoms. The molecule has 156 valence electrons. The first-order valence-electron chi connectivity index (χ1n) is 10.5. The quantitative estimate of drug-likeness (QED) is 0.465. The molecule has 2 aromatic carbocycles. The third kappa shape index (κ3) is 4.25. The van der Waals surface area contributed by atoms with Crippen molar-refractivity contribution in [1.29, 1.82) is 0 Å². The predicted molar refractivity (Wildman–Crippen MR) is 126 cm³/mol. The molecule has 2 aromatic heterocycles. The van der Waals surface area contributed by atoms with Crippen molar-refractivity contribution >= 4 is 22.9 Å². The first-order chi connectivity index (χ1) is 15.3. The zero-order valence-electron chi connectivity index (χ0n) is 17.2. The number of nitrogens with zero attached hydrogens (tertiary/aromatic N) is 4. The lowest BCUT2D eigenvalue weighted by Crippen LogP contribution is -2.49. The van der Waals surface area contributed by atoms with Gasteiger partial charge in [0.1, 0.15) is 11.6 Å². The third-order valence-corrected chi connectivity index (χ3v) is 6.55. The Balaban J connectivity index is 1.25. The van der Waals surface area contributed by atoms with Gasteiger partial charge in [0.15, 0.2) is 0 Å². The molecule has 0 saturated carbocycles.